The minimum Gasteiger partial charge on any atom is -0.350 e. The highest BCUT2D eigenvalue weighted by Crippen LogP contribution is 2.23. The molecule has 0 spiro atoms. The summed E-state index contributed by atoms with van der Waals surface area (Å²) in [4.78, 5) is 11.2. The Kier molecular flexibility index (Phi) is 2.35. The van der Waals surface area contributed by atoms with Crippen molar-refractivity contribution in [3.8, 4) is 0 Å². The number of rotatable bonds is 2. The Morgan fingerprint density at radius 3 is 2.80 bits per heavy atom. The highest BCUT2D eigenvalue weighted by atomic mass is 16.1. The van der Waals surface area contributed by atoms with E-state index in [-0.39, 0.29) is 5.78 Å². The summed E-state index contributed by atoms with van der Waals surface area (Å²) in [5, 5.41) is 1.25. The number of carbonyl (C=O) groups excluding carboxylic acids is 1. The first kappa shape index (κ1) is 9.97. The van der Waals surface area contributed by atoms with Crippen LogP contribution >= 0.6 is 0 Å². The highest BCUT2D eigenvalue weighted by molar-refractivity contribution is 5.90. The van der Waals surface area contributed by atoms with Crippen LogP contribution in [0.4, 0.5) is 0 Å². The van der Waals surface area contributed by atoms with Gasteiger partial charge in [-0.05, 0) is 25.0 Å². The molecule has 0 atom stereocenters. The largest absolute Gasteiger partial charge is 0.350 e. The maximum absolute atomic E-state index is 11.2. The van der Waals surface area contributed by atoms with Gasteiger partial charge in [0, 0.05) is 25.1 Å². The van der Waals surface area contributed by atoms with Gasteiger partial charge in [0.15, 0.2) is 0 Å². The zero-order valence-electron chi connectivity index (χ0n) is 9.37. The highest BCUT2D eigenvalue weighted by Gasteiger charge is 2.08. The molecule has 0 saturated carbocycles. The van der Waals surface area contributed by atoms with Gasteiger partial charge in [-0.2, -0.15) is 0 Å². The second-order valence-corrected chi connectivity index (χ2v) is 4.12. The first-order valence-electron chi connectivity index (χ1n) is 5.12. The minimum atomic E-state index is 0.210. The lowest BCUT2D eigenvalue weighted by Gasteiger charge is -2.03. The topological polar surface area (TPSA) is 22.0 Å². The third kappa shape index (κ3) is 1.67. The first-order valence-corrected chi connectivity index (χ1v) is 5.12. The molecule has 2 aromatic rings. The standard InChI is InChI=1S/C13H15NO/c1-9-8-14(3)13-11(7-10(2)15)5-4-6-12(9)13/h4-6,8H,7H2,1-3H3. The normalized spacial score (nSPS) is 10.9. The molecule has 1 aromatic carbocycles. The van der Waals surface area contributed by atoms with E-state index in [1.165, 1.54) is 16.5 Å². The van der Waals surface area contributed by atoms with Crippen molar-refractivity contribution in [2.24, 2.45) is 7.05 Å². The zero-order chi connectivity index (χ0) is 11.0. The molecule has 0 aliphatic rings. The van der Waals surface area contributed by atoms with Crippen LogP contribution in [0.2, 0.25) is 0 Å². The molecule has 0 radical (unpaired) electrons. The second kappa shape index (κ2) is 3.54. The molecule has 0 fully saturated rings. The van der Waals surface area contributed by atoms with E-state index in [1.807, 2.05) is 19.2 Å². The van der Waals surface area contributed by atoms with Crippen LogP contribution in [-0.2, 0) is 18.3 Å². The van der Waals surface area contributed by atoms with E-state index in [9.17, 15) is 4.79 Å². The Labute approximate surface area is 89.5 Å². The Balaban J connectivity index is 2.69. The van der Waals surface area contributed by atoms with Gasteiger partial charge in [0.2, 0.25) is 0 Å². The van der Waals surface area contributed by atoms with E-state index >= 15 is 0 Å². The number of hydrogen-bond acceptors (Lipinski definition) is 1. The molecule has 2 heteroatoms. The molecule has 0 amide bonds. The molecule has 0 aliphatic carbocycles. The number of para-hydroxylation sites is 1. The smallest absolute Gasteiger partial charge is 0.134 e. The van der Waals surface area contributed by atoms with E-state index < -0.39 is 0 Å². The van der Waals surface area contributed by atoms with Crippen LogP contribution in [0.1, 0.15) is 18.1 Å². The predicted octanol–water partition coefficient (Wildman–Crippen LogP) is 2.62. The van der Waals surface area contributed by atoms with E-state index in [0.717, 1.165) is 5.56 Å². The molecule has 0 bridgehead atoms. The van der Waals surface area contributed by atoms with Crippen molar-refractivity contribution in [2.45, 2.75) is 20.3 Å². The van der Waals surface area contributed by atoms with Gasteiger partial charge in [-0.3, -0.25) is 4.79 Å². The molecule has 0 unspecified atom stereocenters. The number of hydrogen-bond donors (Lipinski definition) is 0. The Hall–Kier alpha value is -1.57. The van der Waals surface area contributed by atoms with Crippen LogP contribution in [0, 0.1) is 6.92 Å². The van der Waals surface area contributed by atoms with Crippen LogP contribution in [0.3, 0.4) is 0 Å². The van der Waals surface area contributed by atoms with E-state index in [4.69, 9.17) is 0 Å². The number of carbonyl (C=O) groups is 1. The fraction of sp³-hybridized carbons (Fsp3) is 0.308. The SMILES string of the molecule is CC(=O)Cc1cccc2c(C)cn(C)c12. The van der Waals surface area contributed by atoms with Gasteiger partial charge < -0.3 is 4.57 Å². The van der Waals surface area contributed by atoms with Crippen LogP contribution < -0.4 is 0 Å². The predicted molar refractivity (Wildman–Crippen MR) is 62.0 cm³/mol. The molecule has 1 heterocycles. The average Bonchev–Trinajstić information content (AvgIpc) is 2.43. The fourth-order valence-corrected chi connectivity index (χ4v) is 2.16. The van der Waals surface area contributed by atoms with Crippen molar-refractivity contribution in [3.05, 3.63) is 35.5 Å². The molecular weight excluding hydrogens is 186 g/mol. The number of Topliss-reactive ketones (excluding diaryl/α,β-unsaturated/α-hetero) is 1. The summed E-state index contributed by atoms with van der Waals surface area (Å²) >= 11 is 0. The lowest BCUT2D eigenvalue weighted by Crippen LogP contribution is -1.99. The molecule has 2 rings (SSSR count). The third-order valence-corrected chi connectivity index (χ3v) is 2.72. The van der Waals surface area contributed by atoms with Crippen LogP contribution in [0.15, 0.2) is 24.4 Å². The first-order chi connectivity index (χ1) is 7.09. The van der Waals surface area contributed by atoms with Gasteiger partial charge in [-0.15, -0.1) is 0 Å². The molecule has 78 valence electrons. The van der Waals surface area contributed by atoms with Gasteiger partial charge in [0.05, 0.1) is 5.52 Å². The summed E-state index contributed by atoms with van der Waals surface area (Å²) in [6, 6.07) is 6.16. The summed E-state index contributed by atoms with van der Waals surface area (Å²) in [5.41, 5.74) is 3.57. The summed E-state index contributed by atoms with van der Waals surface area (Å²) in [7, 11) is 2.03. The lowest BCUT2D eigenvalue weighted by molar-refractivity contribution is -0.116. The van der Waals surface area contributed by atoms with Gasteiger partial charge >= 0.3 is 0 Å². The van der Waals surface area contributed by atoms with Gasteiger partial charge in [0.25, 0.3) is 0 Å². The summed E-state index contributed by atoms with van der Waals surface area (Å²) in [6.45, 7) is 3.73. The molecule has 1 aromatic heterocycles. The number of aromatic nitrogens is 1. The maximum atomic E-state index is 11.2. The van der Waals surface area contributed by atoms with Crippen molar-refractivity contribution in [1.82, 2.24) is 4.57 Å². The third-order valence-electron chi connectivity index (χ3n) is 2.72. The molecule has 0 saturated heterocycles. The zero-order valence-corrected chi connectivity index (χ0v) is 9.37. The number of nitrogens with zero attached hydrogens (tertiary/aromatic N) is 1. The maximum Gasteiger partial charge on any atom is 0.134 e. The Bertz CT molecular complexity index is 523. The van der Waals surface area contributed by atoms with Crippen LogP contribution in [0.5, 0.6) is 0 Å². The summed E-state index contributed by atoms with van der Waals surface area (Å²) in [5.74, 6) is 0.210. The van der Waals surface area contributed by atoms with E-state index in [0.29, 0.717) is 6.42 Å². The average molecular weight is 201 g/mol. The van der Waals surface area contributed by atoms with E-state index in [1.54, 1.807) is 6.92 Å². The van der Waals surface area contributed by atoms with Crippen molar-refractivity contribution < 1.29 is 4.79 Å². The second-order valence-electron chi connectivity index (χ2n) is 4.12. The fourth-order valence-electron chi connectivity index (χ4n) is 2.16. The molecule has 0 aliphatic heterocycles. The summed E-state index contributed by atoms with van der Waals surface area (Å²) in [6.07, 6.45) is 2.63. The van der Waals surface area contributed by atoms with Gasteiger partial charge in [0.1, 0.15) is 5.78 Å². The van der Waals surface area contributed by atoms with Crippen molar-refractivity contribution in [1.29, 1.82) is 0 Å². The molecule has 0 N–H and O–H groups in total. The molecular formula is C13H15NO. The van der Waals surface area contributed by atoms with Gasteiger partial charge in [-0.1, -0.05) is 18.2 Å². The van der Waals surface area contributed by atoms with Gasteiger partial charge in [-0.25, -0.2) is 0 Å². The quantitative estimate of drug-likeness (QED) is 0.732. The molecule has 2 nitrogen and oxygen atoms in total. The number of benzene rings is 1. The Morgan fingerprint density at radius 2 is 2.13 bits per heavy atom. The number of aryl methyl sites for hydroxylation is 2. The molecule has 15 heavy (non-hydrogen) atoms. The van der Waals surface area contributed by atoms with Crippen molar-refractivity contribution in [2.75, 3.05) is 0 Å². The summed E-state index contributed by atoms with van der Waals surface area (Å²) < 4.78 is 2.10. The van der Waals surface area contributed by atoms with Crippen LogP contribution in [0.25, 0.3) is 10.9 Å². The van der Waals surface area contributed by atoms with Crippen LogP contribution in [-0.4, -0.2) is 10.4 Å². The number of ketones is 1. The number of fused-ring (bicyclic) bond motifs is 1. The van der Waals surface area contributed by atoms with Crippen molar-refractivity contribution >= 4 is 16.7 Å². The van der Waals surface area contributed by atoms with Crippen molar-refractivity contribution in [3.63, 3.8) is 0 Å². The minimum absolute atomic E-state index is 0.210. The Morgan fingerprint density at radius 1 is 1.40 bits per heavy atom. The van der Waals surface area contributed by atoms with E-state index in [2.05, 4.69) is 23.8 Å². The monoisotopic (exact) mass is 201 g/mol. The lowest BCUT2D eigenvalue weighted by atomic mass is 10.1.